The van der Waals surface area contributed by atoms with Crippen LogP contribution in [0.25, 0.3) is 0 Å². The van der Waals surface area contributed by atoms with Crippen molar-refractivity contribution in [2.24, 2.45) is 0 Å². The highest BCUT2D eigenvalue weighted by molar-refractivity contribution is 5.94. The maximum atomic E-state index is 12.1. The summed E-state index contributed by atoms with van der Waals surface area (Å²) in [5.74, 6) is 1.08. The summed E-state index contributed by atoms with van der Waals surface area (Å²) in [6.45, 7) is 2.82. The van der Waals surface area contributed by atoms with Crippen molar-refractivity contribution in [2.75, 3.05) is 13.7 Å². The molecule has 0 aliphatic rings. The van der Waals surface area contributed by atoms with Crippen LogP contribution in [0.5, 0.6) is 11.5 Å². The van der Waals surface area contributed by atoms with Crippen molar-refractivity contribution in [2.45, 2.75) is 13.5 Å². The van der Waals surface area contributed by atoms with Crippen LogP contribution in [0.2, 0.25) is 0 Å². The third-order valence-electron chi connectivity index (χ3n) is 3.23. The fraction of sp³-hybridized carbons (Fsp3) is 0.222. The number of hydrogen-bond acceptors (Lipinski definition) is 4. The molecule has 5 nitrogen and oxygen atoms in total. The van der Waals surface area contributed by atoms with Gasteiger partial charge in [0, 0.05) is 12.1 Å². The molecule has 2 aromatic carbocycles. The van der Waals surface area contributed by atoms with Crippen molar-refractivity contribution < 1.29 is 14.3 Å². The third kappa shape index (κ3) is 4.24. The van der Waals surface area contributed by atoms with Crippen molar-refractivity contribution >= 4 is 5.91 Å². The Morgan fingerprint density at radius 3 is 2.74 bits per heavy atom. The van der Waals surface area contributed by atoms with E-state index in [4.69, 9.17) is 14.7 Å². The van der Waals surface area contributed by atoms with E-state index in [1.54, 1.807) is 31.4 Å². The highest BCUT2D eigenvalue weighted by atomic mass is 16.5. The fourth-order valence-electron chi connectivity index (χ4n) is 2.11. The lowest BCUT2D eigenvalue weighted by Gasteiger charge is -2.11. The van der Waals surface area contributed by atoms with Crippen molar-refractivity contribution in [3.05, 3.63) is 59.2 Å². The van der Waals surface area contributed by atoms with Gasteiger partial charge < -0.3 is 14.8 Å². The second-order valence-electron chi connectivity index (χ2n) is 4.79. The van der Waals surface area contributed by atoms with E-state index in [9.17, 15) is 4.79 Å². The molecule has 1 amide bonds. The van der Waals surface area contributed by atoms with Crippen LogP contribution in [0.1, 0.15) is 28.4 Å². The van der Waals surface area contributed by atoms with E-state index in [0.29, 0.717) is 35.8 Å². The molecule has 0 atom stereocenters. The van der Waals surface area contributed by atoms with Crippen LogP contribution in [0.3, 0.4) is 0 Å². The quantitative estimate of drug-likeness (QED) is 0.890. The average Bonchev–Trinajstić information content (AvgIpc) is 2.60. The van der Waals surface area contributed by atoms with Crippen molar-refractivity contribution in [1.82, 2.24) is 5.32 Å². The number of nitriles is 1. The monoisotopic (exact) mass is 310 g/mol. The molecule has 2 aromatic rings. The van der Waals surface area contributed by atoms with E-state index in [2.05, 4.69) is 5.32 Å². The van der Waals surface area contributed by atoms with Crippen LogP contribution >= 0.6 is 0 Å². The molecule has 0 aromatic heterocycles. The van der Waals surface area contributed by atoms with Gasteiger partial charge in [-0.25, -0.2) is 0 Å². The molecule has 0 aliphatic carbocycles. The number of hydrogen-bond donors (Lipinski definition) is 1. The molecule has 0 spiro atoms. The first kappa shape index (κ1) is 16.4. The molecule has 0 fully saturated rings. The number of ether oxygens (including phenoxy) is 2. The summed E-state index contributed by atoms with van der Waals surface area (Å²) in [6, 6.07) is 14.1. The van der Waals surface area contributed by atoms with Gasteiger partial charge in [-0.05, 0) is 42.8 Å². The first-order valence-corrected chi connectivity index (χ1v) is 7.26. The largest absolute Gasteiger partial charge is 0.493 e. The molecule has 0 heterocycles. The molecule has 0 aliphatic heterocycles. The van der Waals surface area contributed by atoms with Crippen LogP contribution in [-0.4, -0.2) is 19.6 Å². The zero-order valence-corrected chi connectivity index (χ0v) is 13.1. The molecule has 2 rings (SSSR count). The predicted octanol–water partition coefficient (Wildman–Crippen LogP) is 2.90. The van der Waals surface area contributed by atoms with E-state index in [0.717, 1.165) is 5.56 Å². The second-order valence-corrected chi connectivity index (χ2v) is 4.79. The SMILES string of the molecule is CCOc1ccc(CNC(=O)c2cccc(C#N)c2)cc1OC. The van der Waals surface area contributed by atoms with Gasteiger partial charge in [0.1, 0.15) is 0 Å². The Labute approximate surface area is 135 Å². The second kappa shape index (κ2) is 7.85. The number of nitrogens with zero attached hydrogens (tertiary/aromatic N) is 1. The third-order valence-corrected chi connectivity index (χ3v) is 3.23. The predicted molar refractivity (Wildman–Crippen MR) is 86.5 cm³/mol. The van der Waals surface area contributed by atoms with Crippen LogP contribution in [0.15, 0.2) is 42.5 Å². The first-order valence-electron chi connectivity index (χ1n) is 7.26. The number of benzene rings is 2. The van der Waals surface area contributed by atoms with E-state index in [1.165, 1.54) is 0 Å². The lowest BCUT2D eigenvalue weighted by Crippen LogP contribution is -2.22. The van der Waals surface area contributed by atoms with Gasteiger partial charge in [0.15, 0.2) is 11.5 Å². The van der Waals surface area contributed by atoms with E-state index in [-0.39, 0.29) is 5.91 Å². The topological polar surface area (TPSA) is 71.3 Å². The molecule has 0 saturated heterocycles. The minimum Gasteiger partial charge on any atom is -0.493 e. The van der Waals surface area contributed by atoms with Crippen LogP contribution in [0.4, 0.5) is 0 Å². The number of carbonyl (C=O) groups excluding carboxylic acids is 1. The highest BCUT2D eigenvalue weighted by Gasteiger charge is 2.08. The number of methoxy groups -OCH3 is 1. The molecule has 5 heteroatoms. The summed E-state index contributed by atoms with van der Waals surface area (Å²) < 4.78 is 10.7. The summed E-state index contributed by atoms with van der Waals surface area (Å²) in [6.07, 6.45) is 0. The average molecular weight is 310 g/mol. The smallest absolute Gasteiger partial charge is 0.251 e. The Hall–Kier alpha value is -3.00. The van der Waals surface area contributed by atoms with Crippen LogP contribution < -0.4 is 14.8 Å². The maximum Gasteiger partial charge on any atom is 0.251 e. The van der Waals surface area contributed by atoms with Gasteiger partial charge in [-0.3, -0.25) is 4.79 Å². The standard InChI is InChI=1S/C18H18N2O3/c1-3-23-16-8-7-14(10-17(16)22-2)12-20-18(21)15-6-4-5-13(9-15)11-19/h4-10H,3,12H2,1-2H3,(H,20,21). The van der Waals surface area contributed by atoms with Gasteiger partial charge in [-0.2, -0.15) is 5.26 Å². The Kier molecular flexibility index (Phi) is 5.59. The number of carbonyl (C=O) groups is 1. The molecular weight excluding hydrogens is 292 g/mol. The van der Waals surface area contributed by atoms with Gasteiger partial charge in [0.25, 0.3) is 5.91 Å². The lowest BCUT2D eigenvalue weighted by molar-refractivity contribution is 0.0951. The first-order chi connectivity index (χ1) is 11.2. The molecule has 0 saturated carbocycles. The Balaban J connectivity index is 2.05. The summed E-state index contributed by atoms with van der Waals surface area (Å²) in [5, 5.41) is 11.7. The van der Waals surface area contributed by atoms with Crippen LogP contribution in [-0.2, 0) is 6.54 Å². The Morgan fingerprint density at radius 2 is 2.04 bits per heavy atom. The molecule has 118 valence electrons. The summed E-state index contributed by atoms with van der Waals surface area (Å²) >= 11 is 0. The van der Waals surface area contributed by atoms with Gasteiger partial charge in [-0.15, -0.1) is 0 Å². The summed E-state index contributed by atoms with van der Waals surface area (Å²) in [7, 11) is 1.58. The minimum absolute atomic E-state index is 0.227. The van der Waals surface area contributed by atoms with Gasteiger partial charge >= 0.3 is 0 Å². The molecule has 0 radical (unpaired) electrons. The maximum absolute atomic E-state index is 12.1. The highest BCUT2D eigenvalue weighted by Crippen LogP contribution is 2.27. The van der Waals surface area contributed by atoms with Gasteiger partial charge in [0.05, 0.1) is 25.3 Å². The Morgan fingerprint density at radius 1 is 1.22 bits per heavy atom. The summed E-state index contributed by atoms with van der Waals surface area (Å²) in [4.78, 5) is 12.1. The fourth-order valence-corrected chi connectivity index (χ4v) is 2.11. The number of rotatable bonds is 6. The van der Waals surface area contributed by atoms with Gasteiger partial charge in [0.2, 0.25) is 0 Å². The minimum atomic E-state index is -0.227. The van der Waals surface area contributed by atoms with Crippen LogP contribution in [0, 0.1) is 11.3 Å². The Bertz CT molecular complexity index is 735. The molecule has 1 N–H and O–H groups in total. The van der Waals surface area contributed by atoms with Crippen molar-refractivity contribution in [3.63, 3.8) is 0 Å². The number of nitrogens with one attached hydrogen (secondary N) is 1. The van der Waals surface area contributed by atoms with Gasteiger partial charge in [-0.1, -0.05) is 12.1 Å². The zero-order chi connectivity index (χ0) is 16.7. The van der Waals surface area contributed by atoms with Crippen molar-refractivity contribution in [1.29, 1.82) is 5.26 Å². The van der Waals surface area contributed by atoms with E-state index in [1.807, 2.05) is 31.2 Å². The van der Waals surface area contributed by atoms with E-state index < -0.39 is 0 Å². The van der Waals surface area contributed by atoms with Crippen molar-refractivity contribution in [3.8, 4) is 17.6 Å². The molecule has 23 heavy (non-hydrogen) atoms. The molecule has 0 bridgehead atoms. The molecule has 0 unspecified atom stereocenters. The summed E-state index contributed by atoms with van der Waals surface area (Å²) in [5.41, 5.74) is 1.82. The molecular formula is C18H18N2O3. The normalized spacial score (nSPS) is 9.78. The van der Waals surface area contributed by atoms with E-state index >= 15 is 0 Å². The zero-order valence-electron chi connectivity index (χ0n) is 13.1. The number of amides is 1. The lowest BCUT2D eigenvalue weighted by atomic mass is 10.1.